The van der Waals surface area contributed by atoms with Crippen LogP contribution in [0.4, 0.5) is 0 Å². The van der Waals surface area contributed by atoms with Crippen LogP contribution in [0.1, 0.15) is 38.8 Å². The molecule has 3 nitrogen and oxygen atoms in total. The maximum atomic E-state index is 12.0. The standard InChI is InChI=1S/C11H18N2O/c1-6-9-8(2)7-12-13(10(9)14)11(3,4)5/h7H,6H2,1-5H3. The van der Waals surface area contributed by atoms with Crippen LogP contribution in [-0.2, 0) is 12.0 Å². The second kappa shape index (κ2) is 3.56. The Morgan fingerprint density at radius 2 is 2.00 bits per heavy atom. The monoisotopic (exact) mass is 194 g/mol. The van der Waals surface area contributed by atoms with Gasteiger partial charge in [-0.15, -0.1) is 0 Å². The van der Waals surface area contributed by atoms with E-state index in [1.54, 1.807) is 10.9 Å². The van der Waals surface area contributed by atoms with Gasteiger partial charge in [-0.1, -0.05) is 6.92 Å². The fourth-order valence-corrected chi connectivity index (χ4v) is 1.48. The number of aryl methyl sites for hydroxylation is 1. The first-order chi connectivity index (χ1) is 6.38. The zero-order valence-electron chi connectivity index (χ0n) is 9.59. The van der Waals surface area contributed by atoms with Gasteiger partial charge in [-0.05, 0) is 39.7 Å². The van der Waals surface area contributed by atoms with Crippen molar-refractivity contribution in [2.24, 2.45) is 0 Å². The third-order valence-electron chi connectivity index (χ3n) is 2.28. The number of nitrogens with zero attached hydrogens (tertiary/aromatic N) is 2. The molecule has 0 radical (unpaired) electrons. The van der Waals surface area contributed by atoms with Gasteiger partial charge in [0.05, 0.1) is 11.7 Å². The van der Waals surface area contributed by atoms with Gasteiger partial charge in [0, 0.05) is 5.56 Å². The molecular formula is C11H18N2O. The summed E-state index contributed by atoms with van der Waals surface area (Å²) in [5.41, 5.74) is 1.65. The van der Waals surface area contributed by atoms with Crippen molar-refractivity contribution < 1.29 is 0 Å². The molecule has 1 rings (SSSR count). The van der Waals surface area contributed by atoms with Crippen molar-refractivity contribution in [3.63, 3.8) is 0 Å². The van der Waals surface area contributed by atoms with Crippen LogP contribution >= 0.6 is 0 Å². The summed E-state index contributed by atoms with van der Waals surface area (Å²) in [6.45, 7) is 9.87. The molecule has 0 aliphatic rings. The third kappa shape index (κ3) is 1.86. The van der Waals surface area contributed by atoms with Gasteiger partial charge in [-0.2, -0.15) is 5.10 Å². The molecule has 0 amide bonds. The minimum Gasteiger partial charge on any atom is -0.267 e. The Bertz CT molecular complexity index is 385. The molecule has 0 bridgehead atoms. The molecule has 0 aliphatic heterocycles. The van der Waals surface area contributed by atoms with Gasteiger partial charge in [0.15, 0.2) is 0 Å². The Morgan fingerprint density at radius 3 is 2.43 bits per heavy atom. The van der Waals surface area contributed by atoms with E-state index in [1.807, 2.05) is 34.6 Å². The van der Waals surface area contributed by atoms with Crippen molar-refractivity contribution in [2.45, 2.75) is 46.6 Å². The van der Waals surface area contributed by atoms with Crippen molar-refractivity contribution in [3.05, 3.63) is 27.7 Å². The molecule has 0 saturated heterocycles. The van der Waals surface area contributed by atoms with Crippen LogP contribution in [0.25, 0.3) is 0 Å². The van der Waals surface area contributed by atoms with Crippen molar-refractivity contribution in [2.75, 3.05) is 0 Å². The van der Waals surface area contributed by atoms with E-state index in [2.05, 4.69) is 5.10 Å². The Kier molecular flexibility index (Phi) is 2.79. The average Bonchev–Trinajstić information content (AvgIpc) is 2.02. The Hall–Kier alpha value is -1.12. The fourth-order valence-electron chi connectivity index (χ4n) is 1.48. The molecule has 14 heavy (non-hydrogen) atoms. The highest BCUT2D eigenvalue weighted by Crippen LogP contribution is 2.10. The highest BCUT2D eigenvalue weighted by Gasteiger charge is 2.17. The highest BCUT2D eigenvalue weighted by atomic mass is 16.1. The number of hydrogen-bond acceptors (Lipinski definition) is 2. The molecule has 1 heterocycles. The molecule has 0 unspecified atom stereocenters. The van der Waals surface area contributed by atoms with Gasteiger partial charge in [0.25, 0.3) is 5.56 Å². The van der Waals surface area contributed by atoms with E-state index in [1.165, 1.54) is 0 Å². The number of hydrogen-bond donors (Lipinski definition) is 0. The van der Waals surface area contributed by atoms with E-state index in [4.69, 9.17) is 0 Å². The van der Waals surface area contributed by atoms with Crippen LogP contribution in [0.5, 0.6) is 0 Å². The molecule has 1 aromatic heterocycles. The first-order valence-corrected chi connectivity index (χ1v) is 4.96. The van der Waals surface area contributed by atoms with Crippen LogP contribution in [0.3, 0.4) is 0 Å². The first kappa shape index (κ1) is 11.0. The lowest BCUT2D eigenvalue weighted by molar-refractivity contribution is 0.335. The Labute approximate surface area is 84.8 Å². The van der Waals surface area contributed by atoms with Gasteiger partial charge in [0.2, 0.25) is 0 Å². The molecule has 0 spiro atoms. The van der Waals surface area contributed by atoms with Crippen LogP contribution in [0, 0.1) is 6.92 Å². The SMILES string of the molecule is CCc1c(C)cnn(C(C)(C)C)c1=O. The molecule has 0 saturated carbocycles. The normalized spacial score (nSPS) is 11.8. The molecular weight excluding hydrogens is 176 g/mol. The summed E-state index contributed by atoms with van der Waals surface area (Å²) in [6.07, 6.45) is 2.54. The second-order valence-electron chi connectivity index (χ2n) is 4.55. The molecule has 0 N–H and O–H groups in total. The minimum atomic E-state index is -0.241. The summed E-state index contributed by atoms with van der Waals surface area (Å²) >= 11 is 0. The summed E-state index contributed by atoms with van der Waals surface area (Å²) in [6, 6.07) is 0. The Morgan fingerprint density at radius 1 is 1.43 bits per heavy atom. The summed E-state index contributed by atoms with van der Waals surface area (Å²) in [5.74, 6) is 0. The van der Waals surface area contributed by atoms with Crippen molar-refractivity contribution in [1.29, 1.82) is 0 Å². The molecule has 0 aromatic carbocycles. The van der Waals surface area contributed by atoms with Gasteiger partial charge >= 0.3 is 0 Å². The van der Waals surface area contributed by atoms with Crippen LogP contribution in [-0.4, -0.2) is 9.78 Å². The zero-order valence-corrected chi connectivity index (χ0v) is 9.59. The minimum absolute atomic E-state index is 0.0417. The predicted molar refractivity (Wildman–Crippen MR) is 57.6 cm³/mol. The summed E-state index contributed by atoms with van der Waals surface area (Å²) in [4.78, 5) is 12.0. The molecule has 78 valence electrons. The van der Waals surface area contributed by atoms with Crippen molar-refractivity contribution in [3.8, 4) is 0 Å². The van der Waals surface area contributed by atoms with E-state index in [9.17, 15) is 4.79 Å². The van der Waals surface area contributed by atoms with Gasteiger partial charge in [0.1, 0.15) is 0 Å². The van der Waals surface area contributed by atoms with Gasteiger partial charge < -0.3 is 0 Å². The maximum Gasteiger partial charge on any atom is 0.270 e. The average molecular weight is 194 g/mol. The summed E-state index contributed by atoms with van der Waals surface area (Å²) < 4.78 is 1.55. The summed E-state index contributed by atoms with van der Waals surface area (Å²) in [5, 5.41) is 4.16. The van der Waals surface area contributed by atoms with E-state index in [-0.39, 0.29) is 11.1 Å². The largest absolute Gasteiger partial charge is 0.270 e. The van der Waals surface area contributed by atoms with E-state index in [0.29, 0.717) is 0 Å². The lowest BCUT2D eigenvalue weighted by atomic mass is 10.1. The number of rotatable bonds is 1. The molecule has 0 atom stereocenters. The lowest BCUT2D eigenvalue weighted by Crippen LogP contribution is -2.37. The quantitative estimate of drug-likeness (QED) is 0.684. The molecule has 3 heteroatoms. The van der Waals surface area contributed by atoms with Crippen LogP contribution in [0.15, 0.2) is 11.0 Å². The Balaban J connectivity index is 3.44. The fraction of sp³-hybridized carbons (Fsp3) is 0.636. The van der Waals surface area contributed by atoms with Gasteiger partial charge in [-0.3, -0.25) is 4.79 Å². The van der Waals surface area contributed by atoms with E-state index in [0.717, 1.165) is 17.5 Å². The molecule has 0 aliphatic carbocycles. The smallest absolute Gasteiger partial charge is 0.267 e. The van der Waals surface area contributed by atoms with Crippen LogP contribution in [0.2, 0.25) is 0 Å². The zero-order chi connectivity index (χ0) is 10.9. The second-order valence-corrected chi connectivity index (χ2v) is 4.55. The number of aromatic nitrogens is 2. The predicted octanol–water partition coefficient (Wildman–Crippen LogP) is 1.87. The van der Waals surface area contributed by atoms with E-state index >= 15 is 0 Å². The first-order valence-electron chi connectivity index (χ1n) is 4.96. The van der Waals surface area contributed by atoms with Crippen LogP contribution < -0.4 is 5.56 Å². The van der Waals surface area contributed by atoms with E-state index < -0.39 is 0 Å². The molecule has 0 fully saturated rings. The summed E-state index contributed by atoms with van der Waals surface area (Å²) in [7, 11) is 0. The van der Waals surface area contributed by atoms with Crippen molar-refractivity contribution >= 4 is 0 Å². The van der Waals surface area contributed by atoms with Crippen molar-refractivity contribution in [1.82, 2.24) is 9.78 Å². The third-order valence-corrected chi connectivity index (χ3v) is 2.28. The maximum absolute atomic E-state index is 12.0. The van der Waals surface area contributed by atoms with Gasteiger partial charge in [-0.25, -0.2) is 4.68 Å². The molecule has 1 aromatic rings. The topological polar surface area (TPSA) is 34.9 Å². The lowest BCUT2D eigenvalue weighted by Gasteiger charge is -2.21. The highest BCUT2D eigenvalue weighted by molar-refractivity contribution is 5.19.